The van der Waals surface area contributed by atoms with E-state index in [9.17, 15) is 0 Å². The maximum absolute atomic E-state index is 5.79. The Bertz CT molecular complexity index is 327. The van der Waals surface area contributed by atoms with Crippen molar-refractivity contribution in [3.63, 3.8) is 0 Å². The van der Waals surface area contributed by atoms with Crippen molar-refractivity contribution in [3.05, 3.63) is 35.4 Å². The summed E-state index contributed by atoms with van der Waals surface area (Å²) in [6.45, 7) is 4.31. The third-order valence-electron chi connectivity index (χ3n) is 3.57. The van der Waals surface area contributed by atoms with E-state index in [-0.39, 0.29) is 0 Å². The lowest BCUT2D eigenvalue weighted by atomic mass is 10.0. The van der Waals surface area contributed by atoms with Crippen LogP contribution >= 0.6 is 0 Å². The number of hydrogen-bond donors (Lipinski definition) is 1. The highest BCUT2D eigenvalue weighted by molar-refractivity contribution is 5.23. The van der Waals surface area contributed by atoms with Crippen LogP contribution in [0.1, 0.15) is 56.2 Å². The lowest BCUT2D eigenvalue weighted by molar-refractivity contribution is -0.0415. The minimum absolute atomic E-state index is 0.316. The Labute approximate surface area is 104 Å². The van der Waals surface area contributed by atoms with E-state index in [1.165, 1.54) is 36.8 Å². The monoisotopic (exact) mass is 233 g/mol. The molecule has 1 aromatic carbocycles. The highest BCUT2D eigenvalue weighted by atomic mass is 16.7. The zero-order valence-electron chi connectivity index (χ0n) is 10.9. The Balaban J connectivity index is 1.89. The molecule has 1 aliphatic rings. The van der Waals surface area contributed by atoms with Gasteiger partial charge in [0.25, 0.3) is 0 Å². The third kappa shape index (κ3) is 3.55. The van der Waals surface area contributed by atoms with Gasteiger partial charge in [-0.15, -0.1) is 0 Å². The van der Waals surface area contributed by atoms with Gasteiger partial charge in [0.05, 0.1) is 12.1 Å². The summed E-state index contributed by atoms with van der Waals surface area (Å²) >= 11 is 0. The molecule has 0 aromatic heterocycles. The van der Waals surface area contributed by atoms with Crippen molar-refractivity contribution in [2.24, 2.45) is 0 Å². The van der Waals surface area contributed by atoms with Crippen molar-refractivity contribution < 1.29 is 4.84 Å². The fraction of sp³-hybridized carbons (Fsp3) is 0.600. The molecule has 1 aliphatic carbocycles. The van der Waals surface area contributed by atoms with Gasteiger partial charge in [0.15, 0.2) is 0 Å². The van der Waals surface area contributed by atoms with Gasteiger partial charge >= 0.3 is 0 Å². The van der Waals surface area contributed by atoms with Gasteiger partial charge < -0.3 is 0 Å². The number of hydroxylamine groups is 1. The molecule has 2 heteroatoms. The van der Waals surface area contributed by atoms with Gasteiger partial charge in [0, 0.05) is 0 Å². The molecule has 0 amide bonds. The van der Waals surface area contributed by atoms with Crippen molar-refractivity contribution >= 4 is 0 Å². The Hall–Kier alpha value is -0.860. The molecule has 2 rings (SSSR count). The molecule has 1 unspecified atom stereocenters. The van der Waals surface area contributed by atoms with E-state index in [0.29, 0.717) is 12.1 Å². The maximum atomic E-state index is 5.79. The van der Waals surface area contributed by atoms with Crippen LogP contribution in [0.3, 0.4) is 0 Å². The molecule has 1 N–H and O–H groups in total. The first-order valence-corrected chi connectivity index (χ1v) is 6.77. The van der Waals surface area contributed by atoms with E-state index in [4.69, 9.17) is 4.84 Å². The molecular formula is C15H23NO. The van der Waals surface area contributed by atoms with Gasteiger partial charge in [-0.05, 0) is 31.7 Å². The second-order valence-electron chi connectivity index (χ2n) is 5.01. The molecule has 0 spiro atoms. The quantitative estimate of drug-likeness (QED) is 0.778. The van der Waals surface area contributed by atoms with Gasteiger partial charge in [-0.25, -0.2) is 0 Å². The first kappa shape index (κ1) is 12.6. The van der Waals surface area contributed by atoms with Gasteiger partial charge in [0.1, 0.15) is 0 Å². The molecule has 0 heterocycles. The SMILES string of the molecule is CCC(NOC1CCCC1)c1ccc(C)cc1. The number of hydrogen-bond acceptors (Lipinski definition) is 2. The Morgan fingerprint density at radius 3 is 2.47 bits per heavy atom. The van der Waals surface area contributed by atoms with Crippen molar-refractivity contribution in [2.45, 2.75) is 58.1 Å². The summed E-state index contributed by atoms with van der Waals surface area (Å²) in [5, 5.41) is 0. The summed E-state index contributed by atoms with van der Waals surface area (Å²) in [6, 6.07) is 9.02. The van der Waals surface area contributed by atoms with Crippen LogP contribution in [0.5, 0.6) is 0 Å². The molecule has 0 bridgehead atoms. The van der Waals surface area contributed by atoms with E-state index in [2.05, 4.69) is 43.6 Å². The lowest BCUT2D eigenvalue weighted by Crippen LogP contribution is -2.26. The molecule has 94 valence electrons. The normalized spacial score (nSPS) is 18.5. The molecule has 1 atom stereocenters. The molecule has 1 saturated carbocycles. The topological polar surface area (TPSA) is 21.3 Å². The fourth-order valence-corrected chi connectivity index (χ4v) is 2.37. The summed E-state index contributed by atoms with van der Waals surface area (Å²) in [6.07, 6.45) is 6.51. The lowest BCUT2D eigenvalue weighted by Gasteiger charge is -2.20. The minimum atomic E-state index is 0.316. The standard InChI is InChI=1S/C15H23NO/c1-3-15(13-10-8-12(2)9-11-13)16-17-14-6-4-5-7-14/h8-11,14-16H,3-7H2,1-2H3. The second-order valence-corrected chi connectivity index (χ2v) is 5.01. The number of benzene rings is 1. The molecular weight excluding hydrogens is 210 g/mol. The van der Waals surface area contributed by atoms with E-state index < -0.39 is 0 Å². The Morgan fingerprint density at radius 1 is 1.24 bits per heavy atom. The van der Waals surface area contributed by atoms with Gasteiger partial charge in [0.2, 0.25) is 0 Å². The van der Waals surface area contributed by atoms with Crippen molar-refractivity contribution in [1.82, 2.24) is 5.48 Å². The number of rotatable bonds is 5. The van der Waals surface area contributed by atoms with E-state index in [1.807, 2.05) is 0 Å². The zero-order chi connectivity index (χ0) is 12.1. The largest absolute Gasteiger partial charge is 0.298 e. The smallest absolute Gasteiger partial charge is 0.0790 e. The van der Waals surface area contributed by atoms with Crippen LogP contribution in [-0.2, 0) is 4.84 Å². The zero-order valence-corrected chi connectivity index (χ0v) is 10.9. The van der Waals surface area contributed by atoms with E-state index in [1.54, 1.807) is 0 Å². The van der Waals surface area contributed by atoms with Crippen LogP contribution in [0.2, 0.25) is 0 Å². The summed E-state index contributed by atoms with van der Waals surface area (Å²) in [5.41, 5.74) is 5.87. The molecule has 0 saturated heterocycles. The first-order chi connectivity index (χ1) is 8.29. The average Bonchev–Trinajstić information content (AvgIpc) is 2.85. The molecule has 17 heavy (non-hydrogen) atoms. The van der Waals surface area contributed by atoms with Crippen LogP contribution in [0.4, 0.5) is 0 Å². The predicted octanol–water partition coefficient (Wildman–Crippen LogP) is 3.91. The molecule has 1 aromatic rings. The average molecular weight is 233 g/mol. The van der Waals surface area contributed by atoms with Crippen LogP contribution in [0, 0.1) is 6.92 Å². The number of nitrogens with one attached hydrogen (secondary N) is 1. The fourth-order valence-electron chi connectivity index (χ4n) is 2.37. The molecule has 1 fully saturated rings. The second kappa shape index (κ2) is 6.18. The Morgan fingerprint density at radius 2 is 1.88 bits per heavy atom. The van der Waals surface area contributed by atoms with Gasteiger partial charge in [-0.3, -0.25) is 4.84 Å². The summed E-state index contributed by atoms with van der Waals surface area (Å²) in [4.78, 5) is 5.79. The van der Waals surface area contributed by atoms with Crippen molar-refractivity contribution in [1.29, 1.82) is 0 Å². The maximum Gasteiger partial charge on any atom is 0.0790 e. The highest BCUT2D eigenvalue weighted by Crippen LogP contribution is 2.22. The summed E-state index contributed by atoms with van der Waals surface area (Å²) in [5.74, 6) is 0. The minimum Gasteiger partial charge on any atom is -0.298 e. The van der Waals surface area contributed by atoms with Gasteiger partial charge in [-0.1, -0.05) is 49.6 Å². The van der Waals surface area contributed by atoms with Crippen LogP contribution in [0.25, 0.3) is 0 Å². The van der Waals surface area contributed by atoms with Crippen LogP contribution in [-0.4, -0.2) is 6.10 Å². The predicted molar refractivity (Wildman–Crippen MR) is 70.7 cm³/mol. The molecule has 0 aliphatic heterocycles. The van der Waals surface area contributed by atoms with Crippen molar-refractivity contribution in [3.8, 4) is 0 Å². The Kier molecular flexibility index (Phi) is 4.57. The third-order valence-corrected chi connectivity index (χ3v) is 3.57. The van der Waals surface area contributed by atoms with Crippen LogP contribution < -0.4 is 5.48 Å². The summed E-state index contributed by atoms with van der Waals surface area (Å²) in [7, 11) is 0. The van der Waals surface area contributed by atoms with E-state index in [0.717, 1.165) is 6.42 Å². The number of aryl methyl sites for hydroxylation is 1. The van der Waals surface area contributed by atoms with Crippen molar-refractivity contribution in [2.75, 3.05) is 0 Å². The summed E-state index contributed by atoms with van der Waals surface area (Å²) < 4.78 is 0. The van der Waals surface area contributed by atoms with E-state index >= 15 is 0 Å². The molecule has 0 radical (unpaired) electrons. The van der Waals surface area contributed by atoms with Crippen LogP contribution in [0.15, 0.2) is 24.3 Å². The molecule has 2 nitrogen and oxygen atoms in total. The first-order valence-electron chi connectivity index (χ1n) is 6.77. The highest BCUT2D eigenvalue weighted by Gasteiger charge is 2.17. The van der Waals surface area contributed by atoms with Gasteiger partial charge in [-0.2, -0.15) is 5.48 Å².